The van der Waals surface area contributed by atoms with Gasteiger partial charge >= 0.3 is 5.97 Å². The molecule has 0 saturated heterocycles. The van der Waals surface area contributed by atoms with Gasteiger partial charge in [0.2, 0.25) is 0 Å². The van der Waals surface area contributed by atoms with E-state index >= 15 is 0 Å². The minimum atomic E-state index is -0.270. The van der Waals surface area contributed by atoms with Crippen LogP contribution in [-0.4, -0.2) is 23.3 Å². The zero-order valence-corrected chi connectivity index (χ0v) is 6.75. The summed E-state index contributed by atoms with van der Waals surface area (Å²) in [6.07, 6.45) is 3.00. The predicted octanol–water partition coefficient (Wildman–Crippen LogP) is 0.853. The molecule has 0 spiro atoms. The van der Waals surface area contributed by atoms with E-state index in [0.29, 0.717) is 6.42 Å². The third kappa shape index (κ3) is 2.89. The average molecular weight is 158 g/mol. The van der Waals surface area contributed by atoms with Crippen molar-refractivity contribution in [2.24, 2.45) is 0 Å². The van der Waals surface area contributed by atoms with Gasteiger partial charge in [0, 0.05) is 13.3 Å². The minimum Gasteiger partial charge on any atom is -0.462 e. The van der Waals surface area contributed by atoms with E-state index in [-0.39, 0.29) is 18.2 Å². The molecule has 0 aromatic carbocycles. The van der Waals surface area contributed by atoms with Gasteiger partial charge in [-0.2, -0.15) is 0 Å². The second-order valence-electron chi connectivity index (χ2n) is 3.05. The summed E-state index contributed by atoms with van der Waals surface area (Å²) in [5, 5.41) is 9.20. The normalized spacial score (nSPS) is 31.5. The molecule has 1 aliphatic rings. The Morgan fingerprint density at radius 2 is 2.27 bits per heavy atom. The van der Waals surface area contributed by atoms with Crippen LogP contribution in [0.5, 0.6) is 0 Å². The highest BCUT2D eigenvalue weighted by molar-refractivity contribution is 5.66. The molecule has 1 aliphatic carbocycles. The van der Waals surface area contributed by atoms with Crippen molar-refractivity contribution < 1.29 is 14.6 Å². The largest absolute Gasteiger partial charge is 0.462 e. The SMILES string of the molecule is CC(=O)O[C@@H]1CCC[C@@H](O)C1. The van der Waals surface area contributed by atoms with E-state index in [4.69, 9.17) is 4.74 Å². The number of hydrogen-bond acceptors (Lipinski definition) is 3. The molecule has 1 fully saturated rings. The zero-order chi connectivity index (χ0) is 8.27. The molecule has 0 unspecified atom stereocenters. The Hall–Kier alpha value is -0.570. The third-order valence-electron chi connectivity index (χ3n) is 1.93. The van der Waals surface area contributed by atoms with E-state index < -0.39 is 0 Å². The van der Waals surface area contributed by atoms with Crippen LogP contribution < -0.4 is 0 Å². The van der Waals surface area contributed by atoms with Gasteiger partial charge in [0.1, 0.15) is 6.10 Å². The first-order valence-corrected chi connectivity index (χ1v) is 4.04. The topological polar surface area (TPSA) is 46.5 Å². The van der Waals surface area contributed by atoms with Crippen LogP contribution in [0.4, 0.5) is 0 Å². The van der Waals surface area contributed by atoms with Gasteiger partial charge in [-0.05, 0) is 19.3 Å². The molecule has 0 heterocycles. The molecule has 11 heavy (non-hydrogen) atoms. The molecule has 0 aromatic heterocycles. The molecule has 0 amide bonds. The molecule has 0 bridgehead atoms. The first-order valence-electron chi connectivity index (χ1n) is 4.04. The number of esters is 1. The molecular formula is C8H14O3. The van der Waals surface area contributed by atoms with E-state index in [1.165, 1.54) is 6.92 Å². The van der Waals surface area contributed by atoms with E-state index in [9.17, 15) is 9.90 Å². The van der Waals surface area contributed by atoms with Crippen LogP contribution in [-0.2, 0) is 9.53 Å². The standard InChI is InChI=1S/C8H14O3/c1-6(9)11-8-4-2-3-7(10)5-8/h7-8,10H,2-5H2,1H3/t7-,8-/m1/s1. The number of ether oxygens (including phenoxy) is 1. The van der Waals surface area contributed by atoms with Gasteiger partial charge in [-0.25, -0.2) is 0 Å². The summed E-state index contributed by atoms with van der Waals surface area (Å²) in [4.78, 5) is 10.5. The average Bonchev–Trinajstić information content (AvgIpc) is 1.85. The van der Waals surface area contributed by atoms with Crippen LogP contribution in [0.2, 0.25) is 0 Å². The Bertz CT molecular complexity index is 144. The summed E-state index contributed by atoms with van der Waals surface area (Å²) in [7, 11) is 0. The molecule has 0 radical (unpaired) electrons. The number of aliphatic hydroxyl groups excluding tert-OH is 1. The fourth-order valence-electron chi connectivity index (χ4n) is 1.46. The van der Waals surface area contributed by atoms with Crippen LogP contribution in [0, 0.1) is 0 Å². The Balaban J connectivity index is 2.28. The Morgan fingerprint density at radius 3 is 2.82 bits per heavy atom. The first kappa shape index (κ1) is 8.53. The molecule has 1 rings (SSSR count). The summed E-state index contributed by atoms with van der Waals surface area (Å²) in [6.45, 7) is 1.40. The third-order valence-corrected chi connectivity index (χ3v) is 1.93. The Morgan fingerprint density at radius 1 is 1.55 bits per heavy atom. The maximum atomic E-state index is 10.5. The van der Waals surface area contributed by atoms with E-state index in [1.54, 1.807) is 0 Å². The summed E-state index contributed by atoms with van der Waals surface area (Å²) < 4.78 is 4.96. The monoisotopic (exact) mass is 158 g/mol. The first-order chi connectivity index (χ1) is 5.18. The number of carbonyl (C=O) groups excluding carboxylic acids is 1. The van der Waals surface area contributed by atoms with Crippen LogP contribution in [0.15, 0.2) is 0 Å². The number of aliphatic hydroxyl groups is 1. The minimum absolute atomic E-state index is 0.0451. The fourth-order valence-corrected chi connectivity index (χ4v) is 1.46. The van der Waals surface area contributed by atoms with Crippen molar-refractivity contribution in [2.45, 2.75) is 44.8 Å². The molecule has 1 saturated carbocycles. The van der Waals surface area contributed by atoms with Gasteiger partial charge in [0.15, 0.2) is 0 Å². The fraction of sp³-hybridized carbons (Fsp3) is 0.875. The lowest BCUT2D eigenvalue weighted by atomic mass is 9.95. The molecule has 2 atom stereocenters. The van der Waals surface area contributed by atoms with Crippen molar-refractivity contribution in [2.75, 3.05) is 0 Å². The van der Waals surface area contributed by atoms with Crippen LogP contribution >= 0.6 is 0 Å². The summed E-state index contributed by atoms with van der Waals surface area (Å²) in [5.74, 6) is -0.246. The number of carbonyl (C=O) groups is 1. The van der Waals surface area contributed by atoms with E-state index in [0.717, 1.165) is 19.3 Å². The summed E-state index contributed by atoms with van der Waals surface area (Å²) >= 11 is 0. The molecule has 0 aromatic rings. The summed E-state index contributed by atoms with van der Waals surface area (Å²) in [5.41, 5.74) is 0. The second kappa shape index (κ2) is 3.72. The van der Waals surface area contributed by atoms with Crippen LogP contribution in [0.3, 0.4) is 0 Å². The van der Waals surface area contributed by atoms with Crippen molar-refractivity contribution in [3.8, 4) is 0 Å². The van der Waals surface area contributed by atoms with Crippen molar-refractivity contribution >= 4 is 5.97 Å². The lowest BCUT2D eigenvalue weighted by molar-refractivity contribution is -0.149. The molecule has 64 valence electrons. The van der Waals surface area contributed by atoms with E-state index in [1.807, 2.05) is 0 Å². The van der Waals surface area contributed by atoms with Crippen molar-refractivity contribution in [1.82, 2.24) is 0 Å². The van der Waals surface area contributed by atoms with Gasteiger partial charge in [-0.1, -0.05) is 0 Å². The van der Waals surface area contributed by atoms with Gasteiger partial charge in [0.05, 0.1) is 6.10 Å². The zero-order valence-electron chi connectivity index (χ0n) is 6.75. The number of rotatable bonds is 1. The smallest absolute Gasteiger partial charge is 0.302 e. The van der Waals surface area contributed by atoms with Gasteiger partial charge in [-0.15, -0.1) is 0 Å². The van der Waals surface area contributed by atoms with Crippen LogP contribution in [0.1, 0.15) is 32.6 Å². The van der Waals surface area contributed by atoms with Crippen LogP contribution in [0.25, 0.3) is 0 Å². The van der Waals surface area contributed by atoms with Crippen molar-refractivity contribution in [1.29, 1.82) is 0 Å². The van der Waals surface area contributed by atoms with Crippen molar-refractivity contribution in [3.05, 3.63) is 0 Å². The lowest BCUT2D eigenvalue weighted by Gasteiger charge is -2.24. The summed E-state index contributed by atoms with van der Waals surface area (Å²) in [6, 6.07) is 0. The molecule has 1 N–H and O–H groups in total. The second-order valence-corrected chi connectivity index (χ2v) is 3.05. The van der Waals surface area contributed by atoms with Gasteiger partial charge < -0.3 is 9.84 Å². The predicted molar refractivity (Wildman–Crippen MR) is 40.0 cm³/mol. The molecule has 3 heteroatoms. The highest BCUT2D eigenvalue weighted by Crippen LogP contribution is 2.20. The molecular weight excluding hydrogens is 144 g/mol. The number of hydrogen-bond donors (Lipinski definition) is 1. The lowest BCUT2D eigenvalue weighted by Crippen LogP contribution is -2.27. The highest BCUT2D eigenvalue weighted by Gasteiger charge is 2.21. The highest BCUT2D eigenvalue weighted by atomic mass is 16.5. The van der Waals surface area contributed by atoms with Crippen molar-refractivity contribution in [3.63, 3.8) is 0 Å². The molecule has 3 nitrogen and oxygen atoms in total. The maximum Gasteiger partial charge on any atom is 0.302 e. The Labute approximate surface area is 66.4 Å². The van der Waals surface area contributed by atoms with E-state index in [2.05, 4.69) is 0 Å². The van der Waals surface area contributed by atoms with Gasteiger partial charge in [0.25, 0.3) is 0 Å². The molecule has 0 aliphatic heterocycles. The van der Waals surface area contributed by atoms with Gasteiger partial charge in [-0.3, -0.25) is 4.79 Å². The Kier molecular flexibility index (Phi) is 2.88. The maximum absolute atomic E-state index is 10.5. The quantitative estimate of drug-likeness (QED) is 0.575.